The molecule has 0 bridgehead atoms. The number of hydrogen-bond donors (Lipinski definition) is 3. The maximum Gasteiger partial charge on any atom is 0.239 e. The van der Waals surface area contributed by atoms with E-state index < -0.39 is 4.45 Å². The van der Waals surface area contributed by atoms with Crippen molar-refractivity contribution in [1.29, 1.82) is 0 Å². The molecule has 0 spiro atoms. The lowest BCUT2D eigenvalue weighted by atomic mass is 10.1. The predicted molar refractivity (Wildman–Crippen MR) is 60.9 cm³/mol. The van der Waals surface area contributed by atoms with Gasteiger partial charge >= 0.3 is 0 Å². The fourth-order valence-electron chi connectivity index (χ4n) is 0.806. The van der Waals surface area contributed by atoms with Crippen LogP contribution in [0.5, 0.6) is 5.75 Å². The van der Waals surface area contributed by atoms with Crippen LogP contribution < -0.4 is 0 Å². The molecule has 0 unspecified atom stereocenters. The van der Waals surface area contributed by atoms with Gasteiger partial charge in [0.2, 0.25) is 4.45 Å². The molecule has 1 rings (SSSR count). The third-order valence-electron chi connectivity index (χ3n) is 1.44. The van der Waals surface area contributed by atoms with E-state index in [0.717, 1.165) is 11.1 Å². The SMILES string of the molecule is Cc1cccc(C)c1O.O=C(S)S. The summed E-state index contributed by atoms with van der Waals surface area (Å²) >= 11 is 6.38. The highest BCUT2D eigenvalue weighted by Crippen LogP contribution is 2.19. The van der Waals surface area contributed by atoms with Gasteiger partial charge in [0.15, 0.2) is 0 Å². The Morgan fingerprint density at radius 2 is 1.54 bits per heavy atom. The third-order valence-corrected chi connectivity index (χ3v) is 1.44. The van der Waals surface area contributed by atoms with Gasteiger partial charge in [-0.1, -0.05) is 43.5 Å². The molecule has 1 aromatic carbocycles. The maximum atomic E-state index is 9.21. The van der Waals surface area contributed by atoms with Gasteiger partial charge in [-0.05, 0) is 25.0 Å². The number of hydrogen-bond acceptors (Lipinski definition) is 2. The van der Waals surface area contributed by atoms with Crippen LogP contribution in [0.25, 0.3) is 0 Å². The van der Waals surface area contributed by atoms with E-state index in [2.05, 4.69) is 25.3 Å². The first-order chi connectivity index (χ1) is 5.95. The molecule has 0 amide bonds. The average molecular weight is 216 g/mol. The van der Waals surface area contributed by atoms with Gasteiger partial charge in [-0.25, -0.2) is 0 Å². The Kier molecular flexibility index (Phi) is 5.66. The number of aromatic hydroxyl groups is 1. The van der Waals surface area contributed by atoms with Crippen LogP contribution in [0.15, 0.2) is 18.2 Å². The molecule has 13 heavy (non-hydrogen) atoms. The van der Waals surface area contributed by atoms with Crippen molar-refractivity contribution < 1.29 is 9.90 Å². The number of phenols is 1. The summed E-state index contributed by atoms with van der Waals surface area (Å²) in [5.41, 5.74) is 1.88. The smallest absolute Gasteiger partial charge is 0.239 e. The molecule has 1 N–H and O–H groups in total. The Labute approximate surface area is 88.8 Å². The second kappa shape index (κ2) is 5.94. The Bertz CT molecular complexity index is 273. The number of phenolic OH excluding ortho intramolecular Hbond substituents is 1. The van der Waals surface area contributed by atoms with E-state index in [1.165, 1.54) is 0 Å². The Morgan fingerprint density at radius 3 is 1.77 bits per heavy atom. The molecule has 72 valence electrons. The Balaban J connectivity index is 0.000000310. The normalized spacial score (nSPS) is 8.62. The van der Waals surface area contributed by atoms with E-state index in [4.69, 9.17) is 0 Å². The summed E-state index contributed by atoms with van der Waals surface area (Å²) in [7, 11) is 0. The molecule has 0 radical (unpaired) electrons. The minimum Gasteiger partial charge on any atom is -0.507 e. The zero-order valence-electron chi connectivity index (χ0n) is 7.48. The lowest BCUT2D eigenvalue weighted by Gasteiger charge is -1.99. The lowest BCUT2D eigenvalue weighted by Crippen LogP contribution is -1.76. The molecule has 0 atom stereocenters. The van der Waals surface area contributed by atoms with Gasteiger partial charge in [-0.3, -0.25) is 4.79 Å². The zero-order chi connectivity index (χ0) is 10.4. The van der Waals surface area contributed by atoms with Crippen LogP contribution in [0, 0.1) is 13.8 Å². The van der Waals surface area contributed by atoms with Crippen molar-refractivity contribution in [3.8, 4) is 5.75 Å². The fraction of sp³-hybridized carbons (Fsp3) is 0.222. The third kappa shape index (κ3) is 5.60. The number of carbonyl (C=O) groups is 1. The van der Waals surface area contributed by atoms with E-state index in [1.54, 1.807) is 0 Å². The van der Waals surface area contributed by atoms with Crippen LogP contribution in [0.4, 0.5) is 4.79 Å². The number of para-hydroxylation sites is 1. The Morgan fingerprint density at radius 1 is 1.23 bits per heavy atom. The van der Waals surface area contributed by atoms with Gasteiger partial charge in [0.05, 0.1) is 0 Å². The topological polar surface area (TPSA) is 37.3 Å². The van der Waals surface area contributed by atoms with Crippen LogP contribution in [-0.4, -0.2) is 9.55 Å². The van der Waals surface area contributed by atoms with E-state index in [-0.39, 0.29) is 0 Å². The van der Waals surface area contributed by atoms with Crippen molar-refractivity contribution in [3.05, 3.63) is 29.3 Å². The van der Waals surface area contributed by atoms with Gasteiger partial charge in [0, 0.05) is 0 Å². The standard InChI is InChI=1S/C8H10O.CH2OS2/c1-6-4-3-5-7(2)8(6)9;2-1(3)4/h3-5,9H,1-2H3;(H2,2,3,4). The first kappa shape index (κ1) is 12.4. The first-order valence-electron chi connectivity index (χ1n) is 3.62. The van der Waals surface area contributed by atoms with Crippen LogP contribution in [-0.2, 0) is 0 Å². The van der Waals surface area contributed by atoms with E-state index in [9.17, 15) is 9.90 Å². The summed E-state index contributed by atoms with van der Waals surface area (Å²) in [6.07, 6.45) is 0. The lowest BCUT2D eigenvalue weighted by molar-refractivity contribution is 0.277. The molecule has 0 aliphatic rings. The van der Waals surface area contributed by atoms with Crippen molar-refractivity contribution in [2.75, 3.05) is 0 Å². The summed E-state index contributed by atoms with van der Waals surface area (Å²) in [4.78, 5) is 9.17. The highest BCUT2D eigenvalue weighted by atomic mass is 32.2. The monoisotopic (exact) mass is 216 g/mol. The van der Waals surface area contributed by atoms with Gasteiger partial charge < -0.3 is 5.11 Å². The van der Waals surface area contributed by atoms with Crippen molar-refractivity contribution in [2.24, 2.45) is 0 Å². The summed E-state index contributed by atoms with van der Waals surface area (Å²) in [6, 6.07) is 5.72. The van der Waals surface area contributed by atoms with Crippen LogP contribution in [0.2, 0.25) is 0 Å². The second-order valence-electron chi connectivity index (χ2n) is 2.52. The zero-order valence-corrected chi connectivity index (χ0v) is 9.27. The minimum absolute atomic E-state index is 0.414. The van der Waals surface area contributed by atoms with Gasteiger partial charge in [-0.15, -0.1) is 0 Å². The van der Waals surface area contributed by atoms with Crippen molar-refractivity contribution in [1.82, 2.24) is 0 Å². The summed E-state index contributed by atoms with van der Waals surface area (Å²) in [6.45, 7) is 3.78. The minimum atomic E-state index is -0.444. The number of carbonyl (C=O) groups excluding carboxylic acids is 1. The molecule has 0 aliphatic heterocycles. The molecule has 2 nitrogen and oxygen atoms in total. The number of aryl methyl sites for hydroxylation is 2. The van der Waals surface area contributed by atoms with E-state index in [0.29, 0.717) is 5.75 Å². The molecule has 0 heterocycles. The predicted octanol–water partition coefficient (Wildman–Crippen LogP) is 2.98. The van der Waals surface area contributed by atoms with Crippen molar-refractivity contribution in [3.63, 3.8) is 0 Å². The summed E-state index contributed by atoms with van der Waals surface area (Å²) < 4.78 is -0.444. The average Bonchev–Trinajstić information content (AvgIpc) is 1.99. The maximum absolute atomic E-state index is 9.21. The van der Waals surface area contributed by atoms with Crippen LogP contribution in [0.1, 0.15) is 11.1 Å². The molecule has 0 saturated heterocycles. The molecule has 4 heteroatoms. The quantitative estimate of drug-likeness (QED) is 0.583. The fourth-order valence-corrected chi connectivity index (χ4v) is 0.806. The van der Waals surface area contributed by atoms with Crippen LogP contribution >= 0.6 is 25.3 Å². The van der Waals surface area contributed by atoms with Gasteiger partial charge in [0.1, 0.15) is 5.75 Å². The molecule has 0 fully saturated rings. The number of benzene rings is 1. The van der Waals surface area contributed by atoms with Crippen LogP contribution in [0.3, 0.4) is 0 Å². The Hall–Kier alpha value is -0.610. The molecule has 1 aromatic rings. The molecular formula is C9H12O2S2. The summed E-state index contributed by atoms with van der Waals surface area (Å²) in [5.74, 6) is 0.414. The van der Waals surface area contributed by atoms with Gasteiger partial charge in [-0.2, -0.15) is 0 Å². The highest BCUT2D eigenvalue weighted by molar-refractivity contribution is 8.23. The van der Waals surface area contributed by atoms with Crippen molar-refractivity contribution >= 4 is 29.7 Å². The summed E-state index contributed by atoms with van der Waals surface area (Å²) in [5, 5.41) is 9.21. The first-order valence-corrected chi connectivity index (χ1v) is 4.51. The molecule has 0 aromatic heterocycles. The van der Waals surface area contributed by atoms with Crippen molar-refractivity contribution in [2.45, 2.75) is 13.8 Å². The highest BCUT2D eigenvalue weighted by Gasteiger charge is 1.95. The molecular weight excluding hydrogens is 204 g/mol. The second-order valence-corrected chi connectivity index (χ2v) is 3.69. The largest absolute Gasteiger partial charge is 0.507 e. The molecule has 0 saturated carbocycles. The van der Waals surface area contributed by atoms with E-state index in [1.807, 2.05) is 32.0 Å². The van der Waals surface area contributed by atoms with E-state index >= 15 is 0 Å². The molecule has 0 aliphatic carbocycles. The van der Waals surface area contributed by atoms with Gasteiger partial charge in [0.25, 0.3) is 0 Å². The number of thiol groups is 2. The number of rotatable bonds is 0.